The van der Waals surface area contributed by atoms with Crippen molar-refractivity contribution < 1.29 is 19.1 Å². The Morgan fingerprint density at radius 3 is 2.17 bits per heavy atom. The molecule has 1 N–H and O–H groups in total. The first-order valence-electron chi connectivity index (χ1n) is 7.83. The number of H-pyrrole nitrogens is 1. The highest BCUT2D eigenvalue weighted by Gasteiger charge is 2.25. The average Bonchev–Trinajstić information content (AvgIpc) is 3.02. The molecule has 128 valence electrons. The van der Waals surface area contributed by atoms with Crippen molar-refractivity contribution in [2.24, 2.45) is 0 Å². The van der Waals surface area contributed by atoms with Gasteiger partial charge in [-0.2, -0.15) is 0 Å². The number of ether oxygens (including phenoxy) is 2. The molecule has 1 aliphatic rings. The molecule has 0 radical (unpaired) electrons. The zero-order chi connectivity index (χ0) is 17.3. The monoisotopic (exact) mass is 331 g/mol. The second-order valence-electron chi connectivity index (χ2n) is 5.75. The quantitative estimate of drug-likeness (QED) is 0.925. The van der Waals surface area contributed by atoms with Crippen LogP contribution in [0.1, 0.15) is 17.3 Å². The molecular formula is C17H21N3O4. The van der Waals surface area contributed by atoms with Crippen LogP contribution in [0.25, 0.3) is 10.9 Å². The maximum atomic E-state index is 12.8. The van der Waals surface area contributed by atoms with Crippen molar-refractivity contribution in [2.75, 3.05) is 40.4 Å². The molecule has 0 saturated carbocycles. The number of piperazine rings is 1. The molecule has 2 aromatic rings. The first-order valence-corrected chi connectivity index (χ1v) is 7.83. The molecule has 1 aliphatic heterocycles. The van der Waals surface area contributed by atoms with Gasteiger partial charge in [0.1, 0.15) is 0 Å². The lowest BCUT2D eigenvalue weighted by Crippen LogP contribution is -2.50. The molecule has 0 spiro atoms. The Labute approximate surface area is 140 Å². The van der Waals surface area contributed by atoms with Crippen molar-refractivity contribution in [3.8, 4) is 11.5 Å². The summed E-state index contributed by atoms with van der Waals surface area (Å²) in [6, 6.07) is 3.63. The first-order chi connectivity index (χ1) is 11.5. The molecule has 0 bridgehead atoms. The molecule has 7 nitrogen and oxygen atoms in total. The topological polar surface area (TPSA) is 74.9 Å². The normalized spacial score (nSPS) is 14.8. The minimum Gasteiger partial charge on any atom is -0.493 e. The second kappa shape index (κ2) is 6.43. The fraction of sp³-hybridized carbons (Fsp3) is 0.412. The Morgan fingerprint density at radius 1 is 1.00 bits per heavy atom. The Balaban J connectivity index is 1.87. The number of nitrogens with one attached hydrogen (secondary N) is 1. The standard InChI is InChI=1S/C17H21N3O4/c1-11(21)19-4-6-20(7-5-19)17(22)13-10-18-14-9-16(24-3)15(23-2)8-12(13)14/h8-10,18H,4-7H2,1-3H3. The molecule has 24 heavy (non-hydrogen) atoms. The van der Waals surface area contributed by atoms with Gasteiger partial charge in [-0.25, -0.2) is 0 Å². The number of hydrogen-bond acceptors (Lipinski definition) is 4. The number of nitrogens with zero attached hydrogens (tertiary/aromatic N) is 2. The molecule has 7 heteroatoms. The van der Waals surface area contributed by atoms with Gasteiger partial charge in [0.2, 0.25) is 5.91 Å². The highest BCUT2D eigenvalue weighted by Crippen LogP contribution is 2.33. The fourth-order valence-electron chi connectivity index (χ4n) is 3.02. The minimum absolute atomic E-state index is 0.0447. The summed E-state index contributed by atoms with van der Waals surface area (Å²) in [6.07, 6.45) is 1.71. The van der Waals surface area contributed by atoms with Crippen LogP contribution in [0, 0.1) is 0 Å². The van der Waals surface area contributed by atoms with Crippen molar-refractivity contribution in [3.05, 3.63) is 23.9 Å². The van der Waals surface area contributed by atoms with E-state index in [1.807, 2.05) is 12.1 Å². The largest absolute Gasteiger partial charge is 0.493 e. The van der Waals surface area contributed by atoms with Crippen LogP contribution >= 0.6 is 0 Å². The van der Waals surface area contributed by atoms with E-state index in [1.54, 1.807) is 37.1 Å². The van der Waals surface area contributed by atoms with Gasteiger partial charge in [0.25, 0.3) is 5.91 Å². The van der Waals surface area contributed by atoms with Crippen LogP contribution in [0.5, 0.6) is 11.5 Å². The second-order valence-corrected chi connectivity index (χ2v) is 5.75. The molecule has 0 unspecified atom stereocenters. The predicted molar refractivity (Wildman–Crippen MR) is 89.6 cm³/mol. The summed E-state index contributed by atoms with van der Waals surface area (Å²) in [5.74, 6) is 1.20. The summed E-state index contributed by atoms with van der Waals surface area (Å²) in [6.45, 7) is 3.77. The van der Waals surface area contributed by atoms with E-state index in [2.05, 4.69) is 4.98 Å². The highest BCUT2D eigenvalue weighted by molar-refractivity contribution is 6.07. The van der Waals surface area contributed by atoms with Crippen LogP contribution in [0.3, 0.4) is 0 Å². The maximum Gasteiger partial charge on any atom is 0.256 e. The van der Waals surface area contributed by atoms with E-state index < -0.39 is 0 Å². The van der Waals surface area contributed by atoms with Crippen LogP contribution in [-0.2, 0) is 4.79 Å². The number of aromatic nitrogens is 1. The van der Waals surface area contributed by atoms with Gasteiger partial charge >= 0.3 is 0 Å². The van der Waals surface area contributed by atoms with Crippen molar-refractivity contribution >= 4 is 22.7 Å². The first kappa shape index (κ1) is 16.2. The van der Waals surface area contributed by atoms with Gasteiger partial charge in [-0.05, 0) is 6.07 Å². The SMILES string of the molecule is COc1cc2[nH]cc(C(=O)N3CCN(C(C)=O)CC3)c2cc1OC. The number of fused-ring (bicyclic) bond motifs is 1. The minimum atomic E-state index is -0.0447. The molecular weight excluding hydrogens is 310 g/mol. The Hall–Kier alpha value is -2.70. The van der Waals surface area contributed by atoms with Gasteiger partial charge < -0.3 is 24.3 Å². The van der Waals surface area contributed by atoms with Crippen molar-refractivity contribution in [3.63, 3.8) is 0 Å². The van der Waals surface area contributed by atoms with Crippen LogP contribution in [0.15, 0.2) is 18.3 Å². The van der Waals surface area contributed by atoms with Gasteiger partial charge in [-0.3, -0.25) is 9.59 Å². The van der Waals surface area contributed by atoms with Gasteiger partial charge in [0.05, 0.1) is 25.3 Å². The number of amides is 2. The van der Waals surface area contributed by atoms with Crippen molar-refractivity contribution in [2.45, 2.75) is 6.92 Å². The summed E-state index contributed by atoms with van der Waals surface area (Å²) in [4.78, 5) is 30.9. The molecule has 0 atom stereocenters. The molecule has 1 fully saturated rings. The third-order valence-corrected chi connectivity index (χ3v) is 4.43. The number of carbonyl (C=O) groups excluding carboxylic acids is 2. The molecule has 3 rings (SSSR count). The Morgan fingerprint density at radius 2 is 1.58 bits per heavy atom. The third kappa shape index (κ3) is 2.77. The number of methoxy groups -OCH3 is 2. The lowest BCUT2D eigenvalue weighted by molar-refractivity contribution is -0.130. The summed E-state index contributed by atoms with van der Waals surface area (Å²) in [7, 11) is 3.14. The lowest BCUT2D eigenvalue weighted by atomic mass is 10.1. The fourth-order valence-corrected chi connectivity index (χ4v) is 3.02. The van der Waals surface area contributed by atoms with E-state index >= 15 is 0 Å². The molecule has 2 heterocycles. The van der Waals surface area contributed by atoms with Gasteiger partial charge in [-0.1, -0.05) is 0 Å². The molecule has 1 aromatic carbocycles. The molecule has 1 saturated heterocycles. The number of hydrogen-bond donors (Lipinski definition) is 1. The number of benzene rings is 1. The summed E-state index contributed by atoms with van der Waals surface area (Å²) >= 11 is 0. The number of rotatable bonds is 3. The summed E-state index contributed by atoms with van der Waals surface area (Å²) in [5, 5.41) is 0.798. The third-order valence-electron chi connectivity index (χ3n) is 4.43. The van der Waals surface area contributed by atoms with E-state index in [9.17, 15) is 9.59 Å². The smallest absolute Gasteiger partial charge is 0.256 e. The van der Waals surface area contributed by atoms with Gasteiger partial charge in [0, 0.05) is 50.8 Å². The number of carbonyl (C=O) groups is 2. The van der Waals surface area contributed by atoms with Gasteiger partial charge in [-0.15, -0.1) is 0 Å². The highest BCUT2D eigenvalue weighted by atomic mass is 16.5. The zero-order valence-electron chi connectivity index (χ0n) is 14.1. The van der Waals surface area contributed by atoms with E-state index in [0.717, 1.165) is 10.9 Å². The van der Waals surface area contributed by atoms with E-state index in [4.69, 9.17) is 9.47 Å². The lowest BCUT2D eigenvalue weighted by Gasteiger charge is -2.34. The zero-order valence-corrected chi connectivity index (χ0v) is 14.1. The van der Waals surface area contributed by atoms with Crippen LogP contribution in [-0.4, -0.2) is 67.0 Å². The Bertz CT molecular complexity index is 775. The number of aromatic amines is 1. The molecule has 1 aromatic heterocycles. The maximum absolute atomic E-state index is 12.8. The van der Waals surface area contributed by atoms with E-state index in [-0.39, 0.29) is 11.8 Å². The van der Waals surface area contributed by atoms with Crippen molar-refractivity contribution in [1.82, 2.24) is 14.8 Å². The Kier molecular flexibility index (Phi) is 4.33. The summed E-state index contributed by atoms with van der Waals surface area (Å²) in [5.41, 5.74) is 1.42. The van der Waals surface area contributed by atoms with Crippen molar-refractivity contribution in [1.29, 1.82) is 0 Å². The molecule has 2 amide bonds. The van der Waals surface area contributed by atoms with E-state index in [0.29, 0.717) is 43.2 Å². The van der Waals surface area contributed by atoms with Crippen LogP contribution < -0.4 is 9.47 Å². The predicted octanol–water partition coefficient (Wildman–Crippen LogP) is 1.49. The summed E-state index contributed by atoms with van der Waals surface area (Å²) < 4.78 is 10.6. The molecule has 0 aliphatic carbocycles. The van der Waals surface area contributed by atoms with Crippen LogP contribution in [0.2, 0.25) is 0 Å². The average molecular weight is 331 g/mol. The van der Waals surface area contributed by atoms with E-state index in [1.165, 1.54) is 0 Å². The van der Waals surface area contributed by atoms with Crippen LogP contribution in [0.4, 0.5) is 0 Å². The van der Waals surface area contributed by atoms with Gasteiger partial charge in [0.15, 0.2) is 11.5 Å².